The molecule has 100 valence electrons. The summed E-state index contributed by atoms with van der Waals surface area (Å²) in [5.74, 6) is 1.09. The second-order valence-electron chi connectivity index (χ2n) is 4.35. The molecule has 0 amide bonds. The fourth-order valence-electron chi connectivity index (χ4n) is 1.88. The molecule has 0 fully saturated rings. The van der Waals surface area contributed by atoms with E-state index in [1.54, 1.807) is 11.8 Å². The number of carbonyl (C=O) groups excluding carboxylic acids is 1. The maximum atomic E-state index is 11.1. The fraction of sp³-hybridized carbons (Fsp3) is 0.500. The van der Waals surface area contributed by atoms with Crippen LogP contribution in [0.25, 0.3) is 0 Å². The average Bonchev–Trinajstić information content (AvgIpc) is 2.33. The van der Waals surface area contributed by atoms with Crippen molar-refractivity contribution >= 4 is 17.7 Å². The molecule has 0 saturated heterocycles. The summed E-state index contributed by atoms with van der Waals surface area (Å²) >= 11 is 1.59. The largest absolute Gasteiger partial charge is 0.468 e. The molecule has 1 aromatic rings. The quantitative estimate of drug-likeness (QED) is 0.804. The Kier molecular flexibility index (Phi) is 6.22. The van der Waals surface area contributed by atoms with E-state index in [0.29, 0.717) is 5.75 Å². The first-order chi connectivity index (χ1) is 8.56. The molecule has 0 bridgehead atoms. The second kappa shape index (κ2) is 7.44. The molecule has 0 aliphatic carbocycles. The van der Waals surface area contributed by atoms with Gasteiger partial charge in [-0.1, -0.05) is 29.3 Å². The number of aryl methyl sites for hydroxylation is 2. The number of hydrogen-bond donors (Lipinski definition) is 1. The number of esters is 1. The molecule has 0 radical (unpaired) electrons. The van der Waals surface area contributed by atoms with E-state index >= 15 is 0 Å². The molecule has 0 spiro atoms. The van der Waals surface area contributed by atoms with Crippen molar-refractivity contribution in [2.75, 3.05) is 25.7 Å². The molecule has 0 aromatic heterocycles. The molecule has 1 N–H and O–H groups in total. The van der Waals surface area contributed by atoms with Crippen molar-refractivity contribution in [1.82, 2.24) is 5.32 Å². The van der Waals surface area contributed by atoms with Crippen molar-refractivity contribution in [2.45, 2.75) is 19.9 Å². The summed E-state index contributed by atoms with van der Waals surface area (Å²) in [5.41, 5.74) is 3.80. The molecule has 4 heteroatoms. The second-order valence-corrected chi connectivity index (χ2v) is 5.38. The molecular weight excluding hydrogens is 246 g/mol. The Morgan fingerprint density at radius 2 is 1.94 bits per heavy atom. The maximum absolute atomic E-state index is 11.1. The van der Waals surface area contributed by atoms with Crippen molar-refractivity contribution in [3.8, 4) is 0 Å². The highest BCUT2D eigenvalue weighted by Gasteiger charge is 2.11. The number of ether oxygens (including phenoxy) is 1. The molecule has 0 heterocycles. The first-order valence-electron chi connectivity index (χ1n) is 5.97. The van der Waals surface area contributed by atoms with Gasteiger partial charge in [0, 0.05) is 11.8 Å². The van der Waals surface area contributed by atoms with E-state index in [1.165, 1.54) is 23.8 Å². The lowest BCUT2D eigenvalue weighted by molar-refractivity contribution is -0.137. The number of benzene rings is 1. The summed E-state index contributed by atoms with van der Waals surface area (Å²) in [6.07, 6.45) is 0. The minimum absolute atomic E-state index is 0.171. The van der Waals surface area contributed by atoms with Crippen molar-refractivity contribution < 1.29 is 9.53 Å². The van der Waals surface area contributed by atoms with Crippen LogP contribution in [-0.2, 0) is 9.53 Å². The Morgan fingerprint density at radius 3 is 2.44 bits per heavy atom. The van der Waals surface area contributed by atoms with Gasteiger partial charge in [-0.3, -0.25) is 4.79 Å². The van der Waals surface area contributed by atoms with Crippen LogP contribution in [0.1, 0.15) is 22.7 Å². The number of hydrogen-bond acceptors (Lipinski definition) is 4. The maximum Gasteiger partial charge on any atom is 0.315 e. The number of nitrogens with one attached hydrogen (secondary N) is 1. The predicted octanol–water partition coefficient (Wildman–Crippen LogP) is 2.47. The molecule has 1 unspecified atom stereocenters. The number of methoxy groups -OCH3 is 1. The Hall–Kier alpha value is -1.00. The van der Waals surface area contributed by atoms with Gasteiger partial charge in [-0.05, 0) is 26.5 Å². The first-order valence-corrected chi connectivity index (χ1v) is 7.12. The Balaban J connectivity index is 2.62. The van der Waals surface area contributed by atoms with Gasteiger partial charge >= 0.3 is 5.97 Å². The highest BCUT2D eigenvalue weighted by atomic mass is 32.2. The standard InChI is InChI=1S/C14H21NO2S/c1-10-5-11(2)7-12(6-10)13(15-3)8-18-9-14(16)17-4/h5-7,13,15H,8-9H2,1-4H3. The molecule has 3 nitrogen and oxygen atoms in total. The molecule has 0 aliphatic heterocycles. The Bertz CT molecular complexity index is 387. The third kappa shape index (κ3) is 4.70. The highest BCUT2D eigenvalue weighted by molar-refractivity contribution is 7.99. The van der Waals surface area contributed by atoms with Crippen LogP contribution in [0.15, 0.2) is 18.2 Å². The summed E-state index contributed by atoms with van der Waals surface area (Å²) < 4.78 is 4.63. The molecule has 1 atom stereocenters. The monoisotopic (exact) mass is 267 g/mol. The molecule has 0 saturated carbocycles. The summed E-state index contributed by atoms with van der Waals surface area (Å²) in [6, 6.07) is 6.80. The molecule has 0 aliphatic rings. The molecule has 18 heavy (non-hydrogen) atoms. The van der Waals surface area contributed by atoms with Crippen LogP contribution in [0, 0.1) is 13.8 Å². The Morgan fingerprint density at radius 1 is 1.33 bits per heavy atom. The van der Waals surface area contributed by atoms with Crippen LogP contribution in [0.5, 0.6) is 0 Å². The smallest absolute Gasteiger partial charge is 0.315 e. The third-order valence-corrected chi connectivity index (χ3v) is 3.74. The van der Waals surface area contributed by atoms with E-state index < -0.39 is 0 Å². The SMILES string of the molecule is CNC(CSCC(=O)OC)c1cc(C)cc(C)c1. The van der Waals surface area contributed by atoms with E-state index in [1.807, 2.05) is 7.05 Å². The van der Waals surface area contributed by atoms with E-state index in [9.17, 15) is 4.79 Å². The zero-order valence-corrected chi connectivity index (χ0v) is 12.3. The first kappa shape index (κ1) is 15.1. The van der Waals surface area contributed by atoms with E-state index in [4.69, 9.17) is 0 Å². The van der Waals surface area contributed by atoms with Crippen molar-refractivity contribution in [3.63, 3.8) is 0 Å². The molecule has 1 aromatic carbocycles. The van der Waals surface area contributed by atoms with Gasteiger partial charge in [0.2, 0.25) is 0 Å². The van der Waals surface area contributed by atoms with E-state index in [2.05, 4.69) is 42.1 Å². The number of thioether (sulfide) groups is 1. The normalized spacial score (nSPS) is 12.2. The average molecular weight is 267 g/mol. The lowest BCUT2D eigenvalue weighted by atomic mass is 10.0. The lowest BCUT2D eigenvalue weighted by Gasteiger charge is -2.17. The number of rotatable bonds is 6. The summed E-state index contributed by atoms with van der Waals surface area (Å²) in [6.45, 7) is 4.20. The highest BCUT2D eigenvalue weighted by Crippen LogP contribution is 2.20. The van der Waals surface area contributed by atoms with E-state index in [0.717, 1.165) is 5.75 Å². The molecule has 1 rings (SSSR count). The van der Waals surface area contributed by atoms with Gasteiger partial charge < -0.3 is 10.1 Å². The van der Waals surface area contributed by atoms with Gasteiger partial charge in [0.25, 0.3) is 0 Å². The lowest BCUT2D eigenvalue weighted by Crippen LogP contribution is -2.20. The zero-order valence-electron chi connectivity index (χ0n) is 11.4. The van der Waals surface area contributed by atoms with Crippen LogP contribution in [0.3, 0.4) is 0 Å². The summed E-state index contributed by atoms with van der Waals surface area (Å²) in [5, 5.41) is 3.29. The zero-order chi connectivity index (χ0) is 13.5. The van der Waals surface area contributed by atoms with Crippen LogP contribution >= 0.6 is 11.8 Å². The summed E-state index contributed by atoms with van der Waals surface area (Å²) in [7, 11) is 3.36. The minimum Gasteiger partial charge on any atom is -0.468 e. The van der Waals surface area contributed by atoms with Crippen molar-refractivity contribution in [2.24, 2.45) is 0 Å². The third-order valence-electron chi connectivity index (χ3n) is 2.73. The van der Waals surface area contributed by atoms with Gasteiger partial charge in [-0.2, -0.15) is 0 Å². The van der Waals surface area contributed by atoms with Gasteiger partial charge in [-0.15, -0.1) is 11.8 Å². The number of carbonyl (C=O) groups is 1. The minimum atomic E-state index is -0.171. The van der Waals surface area contributed by atoms with Gasteiger partial charge in [0.05, 0.1) is 12.9 Å². The van der Waals surface area contributed by atoms with Gasteiger partial charge in [0.15, 0.2) is 0 Å². The fourth-order valence-corrected chi connectivity index (χ4v) is 2.87. The predicted molar refractivity (Wildman–Crippen MR) is 77.1 cm³/mol. The summed E-state index contributed by atoms with van der Waals surface area (Å²) in [4.78, 5) is 11.1. The van der Waals surface area contributed by atoms with Crippen LogP contribution < -0.4 is 5.32 Å². The van der Waals surface area contributed by atoms with Crippen LogP contribution in [0.2, 0.25) is 0 Å². The van der Waals surface area contributed by atoms with Crippen molar-refractivity contribution in [1.29, 1.82) is 0 Å². The van der Waals surface area contributed by atoms with E-state index in [-0.39, 0.29) is 12.0 Å². The Labute approximate surface area is 113 Å². The topological polar surface area (TPSA) is 38.3 Å². The van der Waals surface area contributed by atoms with Gasteiger partial charge in [-0.25, -0.2) is 0 Å². The van der Waals surface area contributed by atoms with Crippen molar-refractivity contribution in [3.05, 3.63) is 34.9 Å². The molecular formula is C14H21NO2S. The van der Waals surface area contributed by atoms with Crippen LogP contribution in [-0.4, -0.2) is 31.6 Å². The van der Waals surface area contributed by atoms with Gasteiger partial charge in [0.1, 0.15) is 0 Å². The van der Waals surface area contributed by atoms with Crippen LogP contribution in [0.4, 0.5) is 0 Å².